The van der Waals surface area contributed by atoms with Crippen molar-refractivity contribution in [2.45, 2.75) is 76.7 Å². The first kappa shape index (κ1) is 24.4. The molecule has 2 aromatic rings. The maximum absolute atomic E-state index is 13.1. The van der Waals surface area contributed by atoms with E-state index in [9.17, 15) is 23.4 Å². The Morgan fingerprint density at radius 2 is 1.97 bits per heavy atom. The van der Waals surface area contributed by atoms with Gasteiger partial charge in [0.1, 0.15) is 11.8 Å². The summed E-state index contributed by atoms with van der Waals surface area (Å²) in [5.41, 5.74) is 4.02. The lowest BCUT2D eigenvalue weighted by molar-refractivity contribution is -0.141. The number of ether oxygens (including phenoxy) is 1. The van der Waals surface area contributed by atoms with Crippen LogP contribution in [0, 0.1) is 5.41 Å². The van der Waals surface area contributed by atoms with Crippen molar-refractivity contribution in [2.24, 2.45) is 5.41 Å². The zero-order valence-electron chi connectivity index (χ0n) is 20.0. The number of hydrogen-bond donors (Lipinski definition) is 2. The summed E-state index contributed by atoms with van der Waals surface area (Å²) in [6.45, 7) is 4.95. The van der Waals surface area contributed by atoms with Gasteiger partial charge in [-0.25, -0.2) is 0 Å². The van der Waals surface area contributed by atoms with Gasteiger partial charge >= 0.3 is 6.18 Å². The zero-order chi connectivity index (χ0) is 25.0. The van der Waals surface area contributed by atoms with Crippen molar-refractivity contribution in [1.29, 1.82) is 0 Å². The van der Waals surface area contributed by atoms with Gasteiger partial charge < -0.3 is 14.9 Å². The predicted molar refractivity (Wildman–Crippen MR) is 125 cm³/mol. The second-order valence-corrected chi connectivity index (χ2v) is 10.5. The molecule has 0 saturated heterocycles. The molecule has 2 unspecified atom stereocenters. The van der Waals surface area contributed by atoms with Gasteiger partial charge in [-0.3, -0.25) is 9.97 Å². The highest BCUT2D eigenvalue weighted by molar-refractivity contribution is 5.74. The van der Waals surface area contributed by atoms with E-state index in [4.69, 9.17) is 9.72 Å². The number of alkyl halides is 3. The van der Waals surface area contributed by atoms with Crippen LogP contribution in [-0.4, -0.2) is 33.4 Å². The highest BCUT2D eigenvalue weighted by Crippen LogP contribution is 2.55. The van der Waals surface area contributed by atoms with E-state index in [1.54, 1.807) is 0 Å². The van der Waals surface area contributed by atoms with E-state index >= 15 is 0 Å². The quantitative estimate of drug-likeness (QED) is 0.581. The number of nitrogens with zero attached hydrogens (tertiary/aromatic N) is 2. The van der Waals surface area contributed by atoms with Gasteiger partial charge in [-0.15, -0.1) is 0 Å². The van der Waals surface area contributed by atoms with Crippen LogP contribution in [0.25, 0.3) is 5.57 Å². The van der Waals surface area contributed by atoms with E-state index in [1.807, 2.05) is 19.9 Å². The van der Waals surface area contributed by atoms with Crippen molar-refractivity contribution in [3.05, 3.63) is 63.7 Å². The molecule has 2 N–H and O–H groups in total. The summed E-state index contributed by atoms with van der Waals surface area (Å²) in [5, 5.41) is 23.0. The number of pyridine rings is 2. The molecule has 1 fully saturated rings. The molecule has 0 radical (unpaired) electrons. The minimum atomic E-state index is -4.56. The van der Waals surface area contributed by atoms with Gasteiger partial charge in [0.15, 0.2) is 0 Å². The third kappa shape index (κ3) is 4.41. The van der Waals surface area contributed by atoms with Gasteiger partial charge in [-0.05, 0) is 60.6 Å². The summed E-state index contributed by atoms with van der Waals surface area (Å²) in [4.78, 5) is 8.58. The fourth-order valence-corrected chi connectivity index (χ4v) is 5.89. The topological polar surface area (TPSA) is 75.5 Å². The highest BCUT2D eigenvalue weighted by Gasteiger charge is 2.45. The highest BCUT2D eigenvalue weighted by atomic mass is 19.4. The van der Waals surface area contributed by atoms with Gasteiger partial charge in [0.05, 0.1) is 19.3 Å². The van der Waals surface area contributed by atoms with Crippen LogP contribution < -0.4 is 0 Å². The molecule has 2 aliphatic carbocycles. The molecular formula is C27H31F3N2O3. The molecule has 2 atom stereocenters. The average molecular weight is 489 g/mol. The molecule has 2 aromatic heterocycles. The summed E-state index contributed by atoms with van der Waals surface area (Å²) in [7, 11) is 0. The minimum absolute atomic E-state index is 0.0389. The summed E-state index contributed by atoms with van der Waals surface area (Å²) in [5.74, 6) is -0.0389. The van der Waals surface area contributed by atoms with Crippen LogP contribution in [0.5, 0.6) is 0 Å². The summed E-state index contributed by atoms with van der Waals surface area (Å²) < 4.78 is 44.7. The standard InChI is InChI=1S/C27H31F3N2O3/c1-15(2)24-23(25(34)17-4-5-20(31-14-17)27(28,29)30)21(16-6-10-35-11-7-16)22-18(32-24)12-26(8-3-9-26)13-19(22)33/h4-6,14-15,19,25,33-34H,3,7-13H2,1-2H3. The van der Waals surface area contributed by atoms with E-state index in [0.717, 1.165) is 60.3 Å². The summed E-state index contributed by atoms with van der Waals surface area (Å²) in [6.07, 6.45) is 1.97. The van der Waals surface area contributed by atoms with E-state index < -0.39 is 24.1 Å². The van der Waals surface area contributed by atoms with Crippen LogP contribution in [0.15, 0.2) is 24.4 Å². The molecule has 5 nitrogen and oxygen atoms in total. The molecule has 1 spiro atoms. The minimum Gasteiger partial charge on any atom is -0.388 e. The Labute approximate surface area is 203 Å². The lowest BCUT2D eigenvalue weighted by atomic mass is 9.59. The molecule has 0 bridgehead atoms. The second kappa shape index (κ2) is 8.98. The molecule has 0 amide bonds. The first-order valence-corrected chi connectivity index (χ1v) is 12.3. The third-order valence-electron chi connectivity index (χ3n) is 7.79. The van der Waals surface area contributed by atoms with Crippen molar-refractivity contribution < 1.29 is 28.1 Å². The molecule has 8 heteroatoms. The number of fused-ring (bicyclic) bond motifs is 1. The molecular weight excluding hydrogens is 457 g/mol. The van der Waals surface area contributed by atoms with Gasteiger partial charge in [0.25, 0.3) is 0 Å². The molecule has 3 aliphatic rings. The molecule has 1 aliphatic heterocycles. The number of aliphatic hydroxyl groups excluding tert-OH is 2. The SMILES string of the molecule is CC(C)c1nc2c(c(C3=CCOCC3)c1C(O)c1ccc(C(F)(F)F)nc1)C(O)CC1(CCC1)C2. The third-order valence-corrected chi connectivity index (χ3v) is 7.79. The van der Waals surface area contributed by atoms with Crippen LogP contribution in [0.3, 0.4) is 0 Å². The second-order valence-electron chi connectivity index (χ2n) is 10.5. The van der Waals surface area contributed by atoms with Crippen molar-refractivity contribution in [3.63, 3.8) is 0 Å². The van der Waals surface area contributed by atoms with Crippen molar-refractivity contribution >= 4 is 5.57 Å². The Kier molecular flexibility index (Phi) is 6.26. The molecule has 35 heavy (non-hydrogen) atoms. The molecule has 0 aromatic carbocycles. The maximum Gasteiger partial charge on any atom is 0.433 e. The van der Waals surface area contributed by atoms with Crippen LogP contribution in [-0.2, 0) is 17.3 Å². The Morgan fingerprint density at radius 3 is 2.51 bits per heavy atom. The van der Waals surface area contributed by atoms with Crippen LogP contribution in [0.2, 0.25) is 0 Å². The van der Waals surface area contributed by atoms with Crippen LogP contribution >= 0.6 is 0 Å². The number of halogens is 3. The molecule has 5 rings (SSSR count). The fraction of sp³-hybridized carbons (Fsp3) is 0.556. The smallest absolute Gasteiger partial charge is 0.388 e. The van der Waals surface area contributed by atoms with E-state index in [-0.39, 0.29) is 16.9 Å². The van der Waals surface area contributed by atoms with Crippen molar-refractivity contribution in [2.75, 3.05) is 13.2 Å². The van der Waals surface area contributed by atoms with Gasteiger partial charge in [0, 0.05) is 34.3 Å². The van der Waals surface area contributed by atoms with Crippen LogP contribution in [0.4, 0.5) is 13.2 Å². The Morgan fingerprint density at radius 1 is 1.20 bits per heavy atom. The summed E-state index contributed by atoms with van der Waals surface area (Å²) in [6, 6.07) is 2.16. The van der Waals surface area contributed by atoms with E-state index in [1.165, 1.54) is 6.07 Å². The van der Waals surface area contributed by atoms with Crippen LogP contribution in [0.1, 0.15) is 103 Å². The van der Waals surface area contributed by atoms with E-state index in [0.29, 0.717) is 37.3 Å². The zero-order valence-corrected chi connectivity index (χ0v) is 20.0. The Balaban J connectivity index is 1.70. The lowest BCUT2D eigenvalue weighted by Crippen LogP contribution is -2.38. The van der Waals surface area contributed by atoms with Gasteiger partial charge in [0.2, 0.25) is 0 Å². The maximum atomic E-state index is 13.1. The fourth-order valence-electron chi connectivity index (χ4n) is 5.89. The van der Waals surface area contributed by atoms with Gasteiger partial charge in [-0.2, -0.15) is 13.2 Å². The normalized spacial score (nSPS) is 22.5. The Bertz CT molecular complexity index is 1140. The van der Waals surface area contributed by atoms with Gasteiger partial charge in [-0.1, -0.05) is 32.4 Å². The number of aromatic nitrogens is 2. The predicted octanol–water partition coefficient (Wildman–Crippen LogP) is 5.65. The monoisotopic (exact) mass is 488 g/mol. The van der Waals surface area contributed by atoms with E-state index in [2.05, 4.69) is 4.98 Å². The number of aliphatic hydroxyl groups is 2. The first-order chi connectivity index (χ1) is 16.6. The largest absolute Gasteiger partial charge is 0.433 e. The summed E-state index contributed by atoms with van der Waals surface area (Å²) >= 11 is 0. The number of rotatable bonds is 4. The molecule has 3 heterocycles. The number of hydrogen-bond acceptors (Lipinski definition) is 5. The Hall–Kier alpha value is -2.29. The van der Waals surface area contributed by atoms with Crippen molar-refractivity contribution in [3.8, 4) is 0 Å². The molecule has 1 saturated carbocycles. The lowest BCUT2D eigenvalue weighted by Gasteiger charge is -2.47. The first-order valence-electron chi connectivity index (χ1n) is 12.3. The molecule has 188 valence electrons. The average Bonchev–Trinajstić information content (AvgIpc) is 2.81. The van der Waals surface area contributed by atoms with Crippen molar-refractivity contribution in [1.82, 2.24) is 9.97 Å².